The number of hydrogen-bond donors (Lipinski definition) is 6. The van der Waals surface area contributed by atoms with Crippen molar-refractivity contribution in [3.63, 3.8) is 0 Å². The fourth-order valence-electron chi connectivity index (χ4n) is 7.48. The topological polar surface area (TPSA) is 205 Å². The lowest BCUT2D eigenvalue weighted by Crippen LogP contribution is -2.53. The van der Waals surface area contributed by atoms with E-state index in [1.54, 1.807) is 6.07 Å². The number of nitrogens with one attached hydrogen (secondary N) is 4. The van der Waals surface area contributed by atoms with E-state index in [4.69, 9.17) is 14.2 Å². The van der Waals surface area contributed by atoms with Gasteiger partial charge in [0.2, 0.25) is 11.8 Å². The number of anilines is 1. The molecule has 0 bridgehead atoms. The van der Waals surface area contributed by atoms with Crippen LogP contribution in [-0.4, -0.2) is 94.5 Å². The monoisotopic (exact) mass is 945 g/mol. The molecule has 4 aromatic carbocycles. The Morgan fingerprint density at radius 1 is 0.791 bits per heavy atom. The Bertz CT molecular complexity index is 2220. The van der Waals surface area contributed by atoms with Gasteiger partial charge in [0.25, 0.3) is 5.91 Å². The summed E-state index contributed by atoms with van der Waals surface area (Å²) in [6.07, 6.45) is -0.908. The van der Waals surface area contributed by atoms with Crippen molar-refractivity contribution in [1.29, 1.82) is 0 Å². The molecular formula is C51H71N5O10S. The minimum atomic E-state index is -4.77. The molecule has 0 radical (unpaired) electrons. The zero-order valence-corrected chi connectivity index (χ0v) is 40.7. The first-order chi connectivity index (χ1) is 32.0. The van der Waals surface area contributed by atoms with Crippen molar-refractivity contribution in [3.8, 4) is 0 Å². The Labute approximate surface area is 397 Å². The fourth-order valence-corrected chi connectivity index (χ4v) is 7.85. The van der Waals surface area contributed by atoms with Crippen LogP contribution < -0.4 is 25.6 Å². The summed E-state index contributed by atoms with van der Waals surface area (Å²) in [6.45, 7) is 10.9. The molecule has 4 rings (SSSR count). The van der Waals surface area contributed by atoms with Crippen LogP contribution in [0.25, 0.3) is 0 Å². The maximum atomic E-state index is 14.4. The lowest BCUT2D eigenvalue weighted by molar-refractivity contribution is -0.134. The number of nitrogens with zero attached hydrogens (tertiary/aromatic N) is 1. The Balaban J connectivity index is 1.62. The van der Waals surface area contributed by atoms with Gasteiger partial charge in [-0.05, 0) is 77.6 Å². The Morgan fingerprint density at radius 2 is 1.42 bits per heavy atom. The summed E-state index contributed by atoms with van der Waals surface area (Å²) in [5.74, 6) is -2.49. The van der Waals surface area contributed by atoms with E-state index < -0.39 is 52.5 Å². The average Bonchev–Trinajstić information content (AvgIpc) is 3.32. The Hall–Kier alpha value is -5.20. The molecule has 4 aromatic rings. The highest BCUT2D eigenvalue weighted by molar-refractivity contribution is 7.87. The van der Waals surface area contributed by atoms with E-state index >= 15 is 0 Å². The second-order valence-corrected chi connectivity index (χ2v) is 18.8. The van der Waals surface area contributed by atoms with Crippen LogP contribution in [0.1, 0.15) is 98.6 Å². The van der Waals surface area contributed by atoms with Gasteiger partial charge in [0.15, 0.2) is 0 Å². The molecule has 0 spiro atoms. The molecule has 7 atom stereocenters. The number of aliphatic hydroxyl groups excluding tert-OH is 1. The Morgan fingerprint density at radius 3 is 2.01 bits per heavy atom. The number of aliphatic hydroxyl groups is 1. The second kappa shape index (κ2) is 27.6. The van der Waals surface area contributed by atoms with E-state index in [1.165, 1.54) is 24.8 Å². The van der Waals surface area contributed by atoms with Crippen LogP contribution >= 0.6 is 0 Å². The highest BCUT2D eigenvalue weighted by atomic mass is 32.2. The molecule has 2 unspecified atom stereocenters. The molecule has 0 fully saturated rings. The zero-order valence-electron chi connectivity index (χ0n) is 39.9. The summed E-state index contributed by atoms with van der Waals surface area (Å²) < 4.78 is 53.2. The van der Waals surface area contributed by atoms with Crippen LogP contribution in [-0.2, 0) is 47.3 Å². The minimum absolute atomic E-state index is 0.000817. The van der Waals surface area contributed by atoms with Crippen LogP contribution in [0, 0.1) is 17.8 Å². The highest BCUT2D eigenvalue weighted by Gasteiger charge is 2.34. The SMILES string of the molecule is CCC(C)[C@H](NC(=O)[C@@H](C[C@H](O)[C@H](COCc1ccccc1)NC(=O)c1cc(C(NCC[C@@H](C)c2ccccc2)OCCOC)cc(N(C)S(=O)(=O)O)c1)C(C)C)C(=O)NCc1ccccc1. The van der Waals surface area contributed by atoms with Crippen molar-refractivity contribution in [2.24, 2.45) is 17.8 Å². The predicted molar refractivity (Wildman–Crippen MR) is 260 cm³/mol. The maximum Gasteiger partial charge on any atom is 0.359 e. The average molecular weight is 946 g/mol. The normalized spacial score (nSPS) is 14.8. The third kappa shape index (κ3) is 17.8. The number of rotatable bonds is 29. The fraction of sp³-hybridized carbons (Fsp3) is 0.471. The van der Waals surface area contributed by atoms with Gasteiger partial charge in [-0.15, -0.1) is 0 Å². The van der Waals surface area contributed by atoms with Gasteiger partial charge in [-0.2, -0.15) is 8.42 Å². The van der Waals surface area contributed by atoms with Crippen molar-refractivity contribution >= 4 is 33.7 Å². The van der Waals surface area contributed by atoms with E-state index in [2.05, 4.69) is 40.3 Å². The van der Waals surface area contributed by atoms with Gasteiger partial charge in [-0.3, -0.25) is 28.6 Å². The van der Waals surface area contributed by atoms with E-state index in [-0.39, 0.29) is 67.8 Å². The van der Waals surface area contributed by atoms with Gasteiger partial charge in [0.05, 0.1) is 44.3 Å². The Kier molecular flexibility index (Phi) is 22.4. The molecule has 0 heterocycles. The third-order valence-electron chi connectivity index (χ3n) is 12.0. The van der Waals surface area contributed by atoms with E-state index in [0.717, 1.165) is 24.6 Å². The molecule has 16 heteroatoms. The number of carbonyl (C=O) groups is 3. The van der Waals surface area contributed by atoms with Gasteiger partial charge in [-0.25, -0.2) is 0 Å². The molecule has 6 N–H and O–H groups in total. The van der Waals surface area contributed by atoms with Crippen molar-refractivity contribution in [2.45, 2.75) is 97.4 Å². The van der Waals surface area contributed by atoms with Gasteiger partial charge >= 0.3 is 10.3 Å². The molecule has 0 aliphatic heterocycles. The van der Waals surface area contributed by atoms with Gasteiger partial charge in [0, 0.05) is 32.2 Å². The standard InChI is InChI=1S/C51H71N5O10S/c1-8-36(4)47(50(60)53-32-38-18-12-9-13-19-38)55-49(59)44(35(2)3)31-46(57)45(34-65-33-39-20-14-10-15-21-39)54-48(58)41-28-42(30-43(29-41)56(6)67(61,62)63)51(66-27-26-64-7)52-25-24-37(5)40-22-16-11-17-23-40/h9-23,28-30,35-37,44-47,51-52,57H,8,24-27,31-34H2,1-7H3,(H,53,60)(H,54,58)(H,55,59)(H,61,62,63)/t36?,37-,44+,45+,46+,47+,51?/m1/s1. The smallest absolute Gasteiger partial charge is 0.359 e. The number of amides is 3. The van der Waals surface area contributed by atoms with E-state index in [0.29, 0.717) is 29.4 Å². The number of carbonyl (C=O) groups excluding carboxylic acids is 3. The van der Waals surface area contributed by atoms with E-state index in [9.17, 15) is 32.5 Å². The minimum Gasteiger partial charge on any atom is -0.391 e. The second-order valence-electron chi connectivity index (χ2n) is 17.4. The van der Waals surface area contributed by atoms with Crippen LogP contribution in [0.5, 0.6) is 0 Å². The molecule has 0 aromatic heterocycles. The maximum absolute atomic E-state index is 14.4. The first kappa shape index (κ1) is 54.4. The van der Waals surface area contributed by atoms with E-state index in [1.807, 2.05) is 107 Å². The summed E-state index contributed by atoms with van der Waals surface area (Å²) in [5.41, 5.74) is 3.30. The molecule has 0 saturated carbocycles. The number of methoxy groups -OCH3 is 1. The molecular weight excluding hydrogens is 875 g/mol. The molecule has 0 aliphatic rings. The van der Waals surface area contributed by atoms with Crippen molar-refractivity contribution in [2.75, 3.05) is 44.8 Å². The molecule has 67 heavy (non-hydrogen) atoms. The van der Waals surface area contributed by atoms with Crippen LogP contribution in [0.2, 0.25) is 0 Å². The highest BCUT2D eigenvalue weighted by Crippen LogP contribution is 2.27. The number of ether oxygens (including phenoxy) is 3. The van der Waals surface area contributed by atoms with Crippen molar-refractivity contribution in [1.82, 2.24) is 21.3 Å². The largest absolute Gasteiger partial charge is 0.391 e. The van der Waals surface area contributed by atoms with Crippen molar-refractivity contribution in [3.05, 3.63) is 137 Å². The zero-order chi connectivity index (χ0) is 48.9. The predicted octanol–water partition coefficient (Wildman–Crippen LogP) is 6.56. The van der Waals surface area contributed by atoms with Gasteiger partial charge in [-0.1, -0.05) is 132 Å². The van der Waals surface area contributed by atoms with Crippen LogP contribution in [0.3, 0.4) is 0 Å². The number of hydrogen-bond acceptors (Lipinski definition) is 10. The summed E-state index contributed by atoms with van der Waals surface area (Å²) >= 11 is 0. The number of benzene rings is 4. The van der Waals surface area contributed by atoms with Crippen molar-refractivity contribution < 1.29 is 46.7 Å². The molecule has 15 nitrogen and oxygen atoms in total. The lowest BCUT2D eigenvalue weighted by atomic mass is 9.86. The summed E-state index contributed by atoms with van der Waals surface area (Å²) in [6, 6.07) is 31.4. The molecule has 366 valence electrons. The van der Waals surface area contributed by atoms with Gasteiger partial charge in [0.1, 0.15) is 12.3 Å². The first-order valence-corrected chi connectivity index (χ1v) is 24.4. The third-order valence-corrected chi connectivity index (χ3v) is 12.9. The van der Waals surface area contributed by atoms with Gasteiger partial charge < -0.3 is 35.3 Å². The first-order valence-electron chi connectivity index (χ1n) is 23.0. The quantitative estimate of drug-likeness (QED) is 0.0196. The summed E-state index contributed by atoms with van der Waals surface area (Å²) in [7, 11) is -2.07. The summed E-state index contributed by atoms with van der Waals surface area (Å²) in [4.78, 5) is 42.1. The molecule has 0 saturated heterocycles. The summed E-state index contributed by atoms with van der Waals surface area (Å²) in [5, 5.41) is 24.2. The lowest BCUT2D eigenvalue weighted by Gasteiger charge is -2.31. The molecule has 3 amide bonds. The molecule has 0 aliphatic carbocycles. The van der Waals surface area contributed by atoms with Crippen LogP contribution in [0.15, 0.2) is 109 Å². The van der Waals surface area contributed by atoms with Crippen LogP contribution in [0.4, 0.5) is 5.69 Å².